The van der Waals surface area contributed by atoms with E-state index in [1.165, 1.54) is 21.9 Å². The Labute approximate surface area is 153 Å². The number of hydrogen-bond donors (Lipinski definition) is 2. The van der Waals surface area contributed by atoms with Gasteiger partial charge in [0.15, 0.2) is 0 Å². The molecule has 26 heavy (non-hydrogen) atoms. The van der Waals surface area contributed by atoms with Gasteiger partial charge in [0.1, 0.15) is 11.2 Å². The molecule has 0 radical (unpaired) electrons. The standard InChI is InChI=1S/C23H22N2O/c1-2-6-17(7-3-1)23-20(12-13-24-23)25-15-16-10-11-22-19(14-16)18-8-4-5-9-21(18)26-22/h1-11,14,20,23-25H,12-13,15H2/t20-,23-/m0/s1. The van der Waals surface area contributed by atoms with Gasteiger partial charge in [-0.25, -0.2) is 0 Å². The summed E-state index contributed by atoms with van der Waals surface area (Å²) in [7, 11) is 0. The fourth-order valence-electron chi connectivity index (χ4n) is 4.07. The summed E-state index contributed by atoms with van der Waals surface area (Å²) in [5.41, 5.74) is 4.57. The van der Waals surface area contributed by atoms with Crippen molar-refractivity contribution in [2.24, 2.45) is 0 Å². The van der Waals surface area contributed by atoms with Crippen LogP contribution in [0.3, 0.4) is 0 Å². The predicted octanol–water partition coefficient (Wildman–Crippen LogP) is 4.78. The smallest absolute Gasteiger partial charge is 0.135 e. The van der Waals surface area contributed by atoms with Gasteiger partial charge in [0.05, 0.1) is 0 Å². The molecule has 2 heterocycles. The zero-order valence-electron chi connectivity index (χ0n) is 14.6. The minimum absolute atomic E-state index is 0.384. The van der Waals surface area contributed by atoms with E-state index in [0.29, 0.717) is 12.1 Å². The van der Waals surface area contributed by atoms with E-state index >= 15 is 0 Å². The molecule has 3 nitrogen and oxygen atoms in total. The van der Waals surface area contributed by atoms with Crippen molar-refractivity contribution in [2.75, 3.05) is 6.54 Å². The Hall–Kier alpha value is -2.62. The Morgan fingerprint density at radius 3 is 2.62 bits per heavy atom. The average molecular weight is 342 g/mol. The van der Waals surface area contributed by atoms with Crippen molar-refractivity contribution in [3.63, 3.8) is 0 Å². The molecule has 5 rings (SSSR count). The van der Waals surface area contributed by atoms with Gasteiger partial charge in [-0.05, 0) is 42.3 Å². The molecule has 4 aromatic rings. The topological polar surface area (TPSA) is 37.2 Å². The van der Waals surface area contributed by atoms with Crippen molar-refractivity contribution in [2.45, 2.75) is 25.0 Å². The molecule has 0 spiro atoms. The van der Waals surface area contributed by atoms with Gasteiger partial charge in [0.2, 0.25) is 0 Å². The van der Waals surface area contributed by atoms with Gasteiger partial charge in [-0.15, -0.1) is 0 Å². The molecule has 1 aliphatic rings. The Morgan fingerprint density at radius 2 is 1.69 bits per heavy atom. The fourth-order valence-corrected chi connectivity index (χ4v) is 4.07. The van der Waals surface area contributed by atoms with Crippen LogP contribution in [0.4, 0.5) is 0 Å². The van der Waals surface area contributed by atoms with Gasteiger partial charge in [-0.3, -0.25) is 0 Å². The van der Waals surface area contributed by atoms with Crippen LogP contribution in [0.1, 0.15) is 23.6 Å². The normalized spacial score (nSPS) is 20.2. The van der Waals surface area contributed by atoms with E-state index in [2.05, 4.69) is 71.3 Å². The van der Waals surface area contributed by atoms with Crippen LogP contribution in [0.2, 0.25) is 0 Å². The first-order chi connectivity index (χ1) is 12.9. The minimum atomic E-state index is 0.384. The minimum Gasteiger partial charge on any atom is -0.456 e. The van der Waals surface area contributed by atoms with Crippen LogP contribution in [-0.4, -0.2) is 12.6 Å². The predicted molar refractivity (Wildman–Crippen MR) is 106 cm³/mol. The first kappa shape index (κ1) is 15.6. The molecule has 1 aliphatic heterocycles. The lowest BCUT2D eigenvalue weighted by Crippen LogP contribution is -2.33. The van der Waals surface area contributed by atoms with Gasteiger partial charge in [-0.2, -0.15) is 0 Å². The maximum atomic E-state index is 5.93. The molecule has 0 saturated carbocycles. The fraction of sp³-hybridized carbons (Fsp3) is 0.217. The Kier molecular flexibility index (Phi) is 3.96. The number of nitrogens with one attached hydrogen (secondary N) is 2. The lowest BCUT2D eigenvalue weighted by atomic mass is 10.0. The second-order valence-electron chi connectivity index (χ2n) is 7.05. The molecule has 3 aromatic carbocycles. The van der Waals surface area contributed by atoms with Crippen molar-refractivity contribution >= 4 is 21.9 Å². The number of benzene rings is 3. The van der Waals surface area contributed by atoms with E-state index in [1.54, 1.807) is 0 Å². The second-order valence-corrected chi connectivity index (χ2v) is 7.05. The van der Waals surface area contributed by atoms with Crippen LogP contribution in [0.25, 0.3) is 21.9 Å². The molecule has 2 atom stereocenters. The van der Waals surface area contributed by atoms with Crippen LogP contribution < -0.4 is 10.6 Å². The highest BCUT2D eigenvalue weighted by atomic mass is 16.3. The first-order valence-electron chi connectivity index (χ1n) is 9.30. The molecule has 3 heteroatoms. The molecule has 130 valence electrons. The monoisotopic (exact) mass is 342 g/mol. The summed E-state index contributed by atoms with van der Waals surface area (Å²) in [5.74, 6) is 0. The van der Waals surface area contributed by atoms with Crippen molar-refractivity contribution in [3.05, 3.63) is 83.9 Å². The highest BCUT2D eigenvalue weighted by molar-refractivity contribution is 6.04. The zero-order chi connectivity index (χ0) is 17.3. The molecule has 0 unspecified atom stereocenters. The summed E-state index contributed by atoms with van der Waals surface area (Å²) in [6, 6.07) is 26.3. The molecule has 1 aromatic heterocycles. The highest BCUT2D eigenvalue weighted by Crippen LogP contribution is 2.29. The number of hydrogen-bond acceptors (Lipinski definition) is 3. The third-order valence-electron chi connectivity index (χ3n) is 5.39. The third-order valence-corrected chi connectivity index (χ3v) is 5.39. The largest absolute Gasteiger partial charge is 0.456 e. The van der Waals surface area contributed by atoms with Crippen molar-refractivity contribution < 1.29 is 4.42 Å². The number of rotatable bonds is 4. The summed E-state index contributed by atoms with van der Waals surface area (Å²) >= 11 is 0. The summed E-state index contributed by atoms with van der Waals surface area (Å²) in [6.45, 7) is 1.92. The Balaban J connectivity index is 1.37. The van der Waals surface area contributed by atoms with Crippen LogP contribution in [-0.2, 0) is 6.54 Å². The number of para-hydroxylation sites is 1. The molecular formula is C23H22N2O. The molecular weight excluding hydrogens is 320 g/mol. The summed E-state index contributed by atoms with van der Waals surface area (Å²) < 4.78 is 5.93. The van der Waals surface area contributed by atoms with E-state index in [1.807, 2.05) is 12.1 Å². The van der Waals surface area contributed by atoms with Crippen LogP contribution in [0.5, 0.6) is 0 Å². The summed E-state index contributed by atoms with van der Waals surface area (Å²) in [4.78, 5) is 0. The SMILES string of the molecule is c1ccc([C@@H]2NCC[C@@H]2NCc2ccc3oc4ccccc4c3c2)cc1. The summed E-state index contributed by atoms with van der Waals surface area (Å²) in [5, 5.41) is 9.78. The molecule has 0 amide bonds. The second kappa shape index (κ2) is 6.60. The van der Waals surface area contributed by atoms with Gasteiger partial charge in [0.25, 0.3) is 0 Å². The quantitative estimate of drug-likeness (QED) is 0.560. The summed E-state index contributed by atoms with van der Waals surface area (Å²) in [6.07, 6.45) is 1.15. The van der Waals surface area contributed by atoms with Crippen molar-refractivity contribution in [1.82, 2.24) is 10.6 Å². The molecule has 1 saturated heterocycles. The van der Waals surface area contributed by atoms with Gasteiger partial charge in [-0.1, -0.05) is 54.6 Å². The van der Waals surface area contributed by atoms with E-state index in [-0.39, 0.29) is 0 Å². The van der Waals surface area contributed by atoms with Crippen molar-refractivity contribution in [3.8, 4) is 0 Å². The molecule has 0 aliphatic carbocycles. The lowest BCUT2D eigenvalue weighted by Gasteiger charge is -2.21. The molecule has 0 bridgehead atoms. The van der Waals surface area contributed by atoms with E-state index in [4.69, 9.17) is 4.42 Å². The van der Waals surface area contributed by atoms with Crippen LogP contribution >= 0.6 is 0 Å². The maximum Gasteiger partial charge on any atom is 0.135 e. The third kappa shape index (κ3) is 2.79. The number of furan rings is 1. The number of fused-ring (bicyclic) bond motifs is 3. The zero-order valence-corrected chi connectivity index (χ0v) is 14.6. The molecule has 2 N–H and O–H groups in total. The van der Waals surface area contributed by atoms with Crippen LogP contribution in [0, 0.1) is 0 Å². The van der Waals surface area contributed by atoms with Gasteiger partial charge in [0, 0.05) is 29.4 Å². The van der Waals surface area contributed by atoms with Crippen molar-refractivity contribution in [1.29, 1.82) is 0 Å². The maximum absolute atomic E-state index is 5.93. The molecule has 1 fully saturated rings. The Bertz CT molecular complexity index is 1040. The van der Waals surface area contributed by atoms with E-state index in [0.717, 1.165) is 30.7 Å². The van der Waals surface area contributed by atoms with Crippen LogP contribution in [0.15, 0.2) is 77.2 Å². The van der Waals surface area contributed by atoms with Gasteiger partial charge >= 0.3 is 0 Å². The van der Waals surface area contributed by atoms with E-state index < -0.39 is 0 Å². The van der Waals surface area contributed by atoms with Gasteiger partial charge < -0.3 is 15.1 Å². The highest BCUT2D eigenvalue weighted by Gasteiger charge is 2.27. The average Bonchev–Trinajstić information content (AvgIpc) is 3.31. The Morgan fingerprint density at radius 1 is 0.885 bits per heavy atom. The van der Waals surface area contributed by atoms with E-state index in [9.17, 15) is 0 Å². The lowest BCUT2D eigenvalue weighted by molar-refractivity contribution is 0.461. The first-order valence-corrected chi connectivity index (χ1v) is 9.30.